The number of aliphatic hydroxyl groups excluding tert-OH is 1. The molecule has 3 aromatic rings. The Balaban J connectivity index is 1.88. The van der Waals surface area contributed by atoms with E-state index in [2.05, 4.69) is 35.3 Å². The normalized spacial score (nSPS) is 17.0. The lowest BCUT2D eigenvalue weighted by atomic mass is 10.1. The zero-order valence-electron chi connectivity index (χ0n) is 15.5. The number of nitrogens with one attached hydrogen (secondary N) is 3. The molecule has 1 fully saturated rings. The molecule has 0 aromatic carbocycles. The van der Waals surface area contributed by atoms with Gasteiger partial charge in [0.2, 0.25) is 11.8 Å². The first-order valence-corrected chi connectivity index (χ1v) is 9.14. The van der Waals surface area contributed by atoms with Crippen LogP contribution in [0.4, 0.5) is 5.95 Å². The lowest BCUT2D eigenvalue weighted by Crippen LogP contribution is -2.33. The molecule has 0 spiro atoms. The zero-order valence-corrected chi connectivity index (χ0v) is 15.5. The van der Waals surface area contributed by atoms with Crippen molar-refractivity contribution in [2.45, 2.75) is 38.8 Å². The van der Waals surface area contributed by atoms with Crippen LogP contribution < -0.4 is 21.8 Å². The fourth-order valence-electron chi connectivity index (χ4n) is 2.73. The quantitative estimate of drug-likeness (QED) is 0.359. The number of hydrogen-bond donors (Lipinski definition) is 5. The van der Waals surface area contributed by atoms with E-state index in [1.54, 1.807) is 12.3 Å². The smallest absolute Gasteiger partial charge is 0.326 e. The summed E-state index contributed by atoms with van der Waals surface area (Å²) in [5, 5.41) is 27.5. The van der Waals surface area contributed by atoms with Crippen LogP contribution in [0, 0.1) is 5.92 Å². The van der Waals surface area contributed by atoms with E-state index in [0.29, 0.717) is 22.4 Å². The van der Waals surface area contributed by atoms with Crippen molar-refractivity contribution in [1.82, 2.24) is 29.5 Å². The van der Waals surface area contributed by atoms with E-state index in [1.165, 1.54) is 4.52 Å². The number of aromatic amines is 2. The highest BCUT2D eigenvalue weighted by molar-refractivity contribution is 5.57. The van der Waals surface area contributed by atoms with E-state index in [9.17, 15) is 15.0 Å². The Morgan fingerprint density at radius 3 is 2.79 bits per heavy atom. The number of aliphatic hydroxyl groups is 1. The molecule has 0 aliphatic heterocycles. The van der Waals surface area contributed by atoms with Gasteiger partial charge in [-0.2, -0.15) is 19.6 Å². The number of aromatic nitrogens is 6. The molecule has 5 N–H and O–H groups in total. The first kappa shape index (κ1) is 18.2. The van der Waals surface area contributed by atoms with E-state index >= 15 is 0 Å². The van der Waals surface area contributed by atoms with Crippen molar-refractivity contribution in [3.05, 3.63) is 33.2 Å². The van der Waals surface area contributed by atoms with Gasteiger partial charge < -0.3 is 20.5 Å². The van der Waals surface area contributed by atoms with Crippen molar-refractivity contribution in [1.29, 1.82) is 0 Å². The molecule has 0 radical (unpaired) electrons. The lowest BCUT2D eigenvalue weighted by Gasteiger charge is -2.19. The SMILES string of the molecule is CC(C)[C@H](CO)Nc1nc(=NC2CC2)n2ncc(=Cc3[nH]c(=O)[nH]c3O)c2n1. The molecule has 11 nitrogen and oxygen atoms in total. The molecule has 0 saturated heterocycles. The maximum atomic E-state index is 11.4. The van der Waals surface area contributed by atoms with Crippen molar-refractivity contribution in [3.63, 3.8) is 0 Å². The topological polar surface area (TPSA) is 157 Å². The van der Waals surface area contributed by atoms with Crippen molar-refractivity contribution >= 4 is 17.7 Å². The summed E-state index contributed by atoms with van der Waals surface area (Å²) in [5.74, 6) is 0.243. The van der Waals surface area contributed by atoms with Gasteiger partial charge >= 0.3 is 5.69 Å². The molecular weight excluding hydrogens is 364 g/mol. The Morgan fingerprint density at radius 2 is 2.18 bits per heavy atom. The Bertz CT molecular complexity index is 1170. The van der Waals surface area contributed by atoms with Gasteiger partial charge in [-0.05, 0) is 24.8 Å². The minimum Gasteiger partial charge on any atom is -0.493 e. The van der Waals surface area contributed by atoms with Gasteiger partial charge in [-0.1, -0.05) is 13.8 Å². The Kier molecular flexibility index (Phi) is 4.59. The third-order valence-electron chi connectivity index (χ3n) is 4.57. The van der Waals surface area contributed by atoms with Crippen LogP contribution in [0.15, 0.2) is 16.0 Å². The van der Waals surface area contributed by atoms with Crippen molar-refractivity contribution in [3.8, 4) is 5.88 Å². The van der Waals surface area contributed by atoms with Crippen LogP contribution in [-0.2, 0) is 0 Å². The molecule has 1 aliphatic rings. The first-order valence-electron chi connectivity index (χ1n) is 9.14. The molecule has 1 atom stereocenters. The fraction of sp³-hybridized carbons (Fsp3) is 0.471. The molecule has 0 bridgehead atoms. The molecular formula is C17H22N8O3. The average Bonchev–Trinajstić information content (AvgIpc) is 3.28. The predicted octanol–water partition coefficient (Wildman–Crippen LogP) is -1.11. The third kappa shape index (κ3) is 3.60. The Labute approximate surface area is 158 Å². The molecule has 1 saturated carbocycles. The summed E-state index contributed by atoms with van der Waals surface area (Å²) in [5.41, 5.74) is 0.606. The molecule has 0 unspecified atom stereocenters. The van der Waals surface area contributed by atoms with Crippen LogP contribution in [0.25, 0.3) is 11.7 Å². The van der Waals surface area contributed by atoms with E-state index in [0.717, 1.165) is 12.8 Å². The van der Waals surface area contributed by atoms with Gasteiger partial charge in [0.05, 0.1) is 24.9 Å². The summed E-state index contributed by atoms with van der Waals surface area (Å²) >= 11 is 0. The third-order valence-corrected chi connectivity index (χ3v) is 4.57. The molecule has 0 amide bonds. The van der Waals surface area contributed by atoms with E-state index < -0.39 is 5.69 Å². The second-order valence-electron chi connectivity index (χ2n) is 7.21. The summed E-state index contributed by atoms with van der Waals surface area (Å²) in [4.78, 5) is 29.7. The molecule has 11 heteroatoms. The average molecular weight is 386 g/mol. The zero-order chi connectivity index (χ0) is 19.8. The molecule has 148 valence electrons. The first-order chi connectivity index (χ1) is 13.4. The summed E-state index contributed by atoms with van der Waals surface area (Å²) < 4.78 is 1.53. The Hall–Kier alpha value is -3.21. The van der Waals surface area contributed by atoms with E-state index in [1.807, 2.05) is 13.8 Å². The van der Waals surface area contributed by atoms with E-state index in [4.69, 9.17) is 0 Å². The minimum absolute atomic E-state index is 0.0575. The fourth-order valence-corrected chi connectivity index (χ4v) is 2.73. The second kappa shape index (κ2) is 7.08. The number of H-pyrrole nitrogens is 2. The monoisotopic (exact) mass is 386 g/mol. The van der Waals surface area contributed by atoms with Crippen LogP contribution in [0.1, 0.15) is 32.4 Å². The molecule has 4 rings (SSSR count). The van der Waals surface area contributed by atoms with Gasteiger partial charge in [0, 0.05) is 5.22 Å². The summed E-state index contributed by atoms with van der Waals surface area (Å²) in [6, 6.07) is 0.0167. The van der Waals surface area contributed by atoms with Crippen LogP contribution >= 0.6 is 0 Å². The second-order valence-corrected chi connectivity index (χ2v) is 7.21. The van der Waals surface area contributed by atoms with Gasteiger partial charge in [-0.15, -0.1) is 0 Å². The number of fused-ring (bicyclic) bond motifs is 1. The van der Waals surface area contributed by atoms with Gasteiger partial charge in [-0.3, -0.25) is 4.98 Å². The minimum atomic E-state index is -0.510. The largest absolute Gasteiger partial charge is 0.493 e. The highest BCUT2D eigenvalue weighted by Crippen LogP contribution is 2.22. The number of rotatable bonds is 6. The van der Waals surface area contributed by atoms with Crippen molar-refractivity contribution in [2.75, 3.05) is 11.9 Å². The van der Waals surface area contributed by atoms with Gasteiger partial charge in [0.25, 0.3) is 5.62 Å². The maximum absolute atomic E-state index is 11.4. The standard InChI is InChI=1S/C17H22N8O3/c1-8(2)12(7-26)20-15-22-13-9(5-11-14(27)23-17(28)21-11)6-18-25(13)16(24-15)19-10-3-4-10/h5-6,8,10,12,26-27H,3-4,7H2,1-2H3,(H,19,20,24)(H2,21,23,28)/t12-/m0/s1. The van der Waals surface area contributed by atoms with Crippen LogP contribution in [-0.4, -0.2) is 58.5 Å². The maximum Gasteiger partial charge on any atom is 0.326 e. The summed E-state index contributed by atoms with van der Waals surface area (Å²) in [7, 11) is 0. The number of imidazole rings is 1. The van der Waals surface area contributed by atoms with Crippen molar-refractivity contribution in [2.24, 2.45) is 10.9 Å². The predicted molar refractivity (Wildman–Crippen MR) is 101 cm³/mol. The highest BCUT2D eigenvalue weighted by atomic mass is 16.3. The van der Waals surface area contributed by atoms with Gasteiger partial charge in [0.15, 0.2) is 5.65 Å². The van der Waals surface area contributed by atoms with Gasteiger partial charge in [-0.25, -0.2) is 9.79 Å². The molecule has 3 aromatic heterocycles. The Morgan fingerprint density at radius 1 is 1.39 bits per heavy atom. The van der Waals surface area contributed by atoms with Crippen LogP contribution in [0.3, 0.4) is 0 Å². The summed E-state index contributed by atoms with van der Waals surface area (Å²) in [6.07, 6.45) is 5.16. The van der Waals surface area contributed by atoms with E-state index in [-0.39, 0.29) is 36.2 Å². The number of aromatic hydroxyl groups is 1. The summed E-state index contributed by atoms with van der Waals surface area (Å²) in [6.45, 7) is 3.92. The van der Waals surface area contributed by atoms with Crippen LogP contribution in [0.5, 0.6) is 5.88 Å². The lowest BCUT2D eigenvalue weighted by molar-refractivity contribution is 0.248. The molecule has 1 aliphatic carbocycles. The molecule has 28 heavy (non-hydrogen) atoms. The van der Waals surface area contributed by atoms with Gasteiger partial charge in [0.1, 0.15) is 5.69 Å². The number of hydrogen-bond acceptors (Lipinski definition) is 8. The molecule has 3 heterocycles. The van der Waals surface area contributed by atoms with Crippen molar-refractivity contribution < 1.29 is 10.2 Å². The van der Waals surface area contributed by atoms with Crippen LogP contribution in [0.2, 0.25) is 0 Å². The number of nitrogens with zero attached hydrogens (tertiary/aromatic N) is 5. The number of anilines is 1. The highest BCUT2D eigenvalue weighted by Gasteiger charge is 2.21.